The summed E-state index contributed by atoms with van der Waals surface area (Å²) in [7, 11) is 0. The Balaban J connectivity index is 1.07. The van der Waals surface area contributed by atoms with Gasteiger partial charge in [0.1, 0.15) is 0 Å². The zero-order valence-electron chi connectivity index (χ0n) is 31.4. The van der Waals surface area contributed by atoms with Gasteiger partial charge in [-0.1, -0.05) is 53.1 Å². The summed E-state index contributed by atoms with van der Waals surface area (Å²) < 4.78 is 0. The Morgan fingerprint density at radius 3 is 0.878 bits per heavy atom. The lowest BCUT2D eigenvalue weighted by molar-refractivity contribution is 0.203. The van der Waals surface area contributed by atoms with E-state index >= 15 is 0 Å². The molecule has 0 amide bonds. The molecule has 3 aromatic rings. The summed E-state index contributed by atoms with van der Waals surface area (Å²) in [6, 6.07) is 13.8. The molecule has 6 rings (SSSR count). The molecule has 0 N–H and O–H groups in total. The summed E-state index contributed by atoms with van der Waals surface area (Å²) >= 11 is 0. The van der Waals surface area contributed by atoms with Gasteiger partial charge in [0.05, 0.1) is 20.0 Å². The zero-order chi connectivity index (χ0) is 34.8. The summed E-state index contributed by atoms with van der Waals surface area (Å²) in [6.45, 7) is 28.8. The van der Waals surface area contributed by atoms with E-state index in [1.807, 2.05) is 0 Å². The first-order chi connectivity index (χ1) is 23.4. The van der Waals surface area contributed by atoms with Crippen LogP contribution in [0.2, 0.25) is 0 Å². The number of hydrogen-bond acceptors (Lipinski definition) is 7. The monoisotopic (exact) mass is 659 g/mol. The number of benzene rings is 3. The van der Waals surface area contributed by atoms with E-state index in [1.165, 1.54) is 67.1 Å². The van der Waals surface area contributed by atoms with Gasteiger partial charge in [0, 0.05) is 93.5 Å². The average molecular weight is 660 g/mol. The third-order valence-electron chi connectivity index (χ3n) is 10.3. The normalized spacial score (nSPS) is 15.8. The predicted molar refractivity (Wildman–Crippen MR) is 208 cm³/mol. The van der Waals surface area contributed by atoms with Gasteiger partial charge < -0.3 is 29.4 Å². The van der Waals surface area contributed by atoms with Crippen LogP contribution in [0.4, 0.5) is 17.1 Å². The maximum Gasteiger partial charge on any atom is 0.0942 e. The van der Waals surface area contributed by atoms with Crippen molar-refractivity contribution in [2.75, 3.05) is 74.0 Å². The highest BCUT2D eigenvalue weighted by Gasteiger charge is 2.22. The minimum absolute atomic E-state index is 0.900. The number of hydrogen-bond donors (Lipinski definition) is 0. The Kier molecular flexibility index (Phi) is 10.3. The van der Waals surface area contributed by atoms with Gasteiger partial charge in [-0.2, -0.15) is 0 Å². The first-order valence-corrected chi connectivity index (χ1v) is 18.0. The Bertz CT molecular complexity index is 1480. The van der Waals surface area contributed by atoms with Crippen LogP contribution in [0.3, 0.4) is 0 Å². The third-order valence-corrected chi connectivity index (χ3v) is 10.3. The standard InChI is InChI=1S/C42H57N7/c1-31-22-34(4)40(35(5)23-31)47-19-16-44(28-47)13-10-43(11-14-45-17-20-48(29-45)41-36(6)24-32(2)25-37(41)7)12-15-46-18-21-49(30-46)42-38(8)26-33(3)27-39(42)9/h16-27H,10-15,28-30H2,1-9H3. The van der Waals surface area contributed by atoms with Crippen molar-refractivity contribution in [1.82, 2.24) is 19.6 Å². The largest absolute Gasteiger partial charge is 0.357 e. The molecule has 0 radical (unpaired) electrons. The minimum atomic E-state index is 0.900. The van der Waals surface area contributed by atoms with Gasteiger partial charge in [0.25, 0.3) is 0 Å². The maximum atomic E-state index is 2.66. The second-order valence-corrected chi connectivity index (χ2v) is 14.7. The molecule has 49 heavy (non-hydrogen) atoms. The highest BCUT2D eigenvalue weighted by molar-refractivity contribution is 5.64. The second kappa shape index (κ2) is 14.6. The first-order valence-electron chi connectivity index (χ1n) is 18.0. The smallest absolute Gasteiger partial charge is 0.0942 e. The molecule has 0 saturated heterocycles. The molecule has 260 valence electrons. The zero-order valence-corrected chi connectivity index (χ0v) is 31.4. The van der Waals surface area contributed by atoms with Gasteiger partial charge in [0.2, 0.25) is 0 Å². The first kappa shape index (κ1) is 34.5. The Hall–Kier alpha value is -4.36. The van der Waals surface area contributed by atoms with Crippen LogP contribution in [-0.2, 0) is 0 Å². The van der Waals surface area contributed by atoms with E-state index in [0.717, 1.165) is 59.3 Å². The maximum absolute atomic E-state index is 2.66. The molecule has 0 aromatic heterocycles. The van der Waals surface area contributed by atoms with Crippen LogP contribution in [0.5, 0.6) is 0 Å². The van der Waals surface area contributed by atoms with Gasteiger partial charge in [-0.25, -0.2) is 0 Å². The number of rotatable bonds is 12. The van der Waals surface area contributed by atoms with Crippen molar-refractivity contribution in [3.63, 3.8) is 0 Å². The van der Waals surface area contributed by atoms with Gasteiger partial charge >= 0.3 is 0 Å². The van der Waals surface area contributed by atoms with E-state index < -0.39 is 0 Å². The fraction of sp³-hybridized carbons (Fsp3) is 0.429. The van der Waals surface area contributed by atoms with Crippen LogP contribution in [0.25, 0.3) is 0 Å². The second-order valence-electron chi connectivity index (χ2n) is 14.7. The van der Waals surface area contributed by atoms with Gasteiger partial charge in [0.15, 0.2) is 0 Å². The van der Waals surface area contributed by atoms with Crippen LogP contribution in [0.15, 0.2) is 73.6 Å². The molecule has 3 aliphatic rings. The molecule has 0 bridgehead atoms. The Labute approximate surface area is 296 Å². The van der Waals surface area contributed by atoms with E-state index in [0.29, 0.717) is 0 Å². The summed E-state index contributed by atoms with van der Waals surface area (Å²) in [6.07, 6.45) is 13.6. The van der Waals surface area contributed by atoms with Crippen LogP contribution >= 0.6 is 0 Å². The van der Waals surface area contributed by atoms with E-state index in [4.69, 9.17) is 0 Å². The summed E-state index contributed by atoms with van der Waals surface area (Å²) in [5.41, 5.74) is 16.1. The third kappa shape index (κ3) is 7.94. The van der Waals surface area contributed by atoms with Crippen molar-refractivity contribution in [2.24, 2.45) is 0 Å². The topological polar surface area (TPSA) is 22.7 Å². The van der Waals surface area contributed by atoms with Crippen LogP contribution in [-0.4, -0.2) is 78.9 Å². The molecule has 3 aromatic carbocycles. The Morgan fingerprint density at radius 1 is 0.388 bits per heavy atom. The molecule has 0 spiro atoms. The van der Waals surface area contributed by atoms with Gasteiger partial charge in [-0.3, -0.25) is 4.90 Å². The van der Waals surface area contributed by atoms with Crippen molar-refractivity contribution < 1.29 is 0 Å². The van der Waals surface area contributed by atoms with E-state index in [9.17, 15) is 0 Å². The molecule has 3 heterocycles. The van der Waals surface area contributed by atoms with Crippen LogP contribution in [0, 0.1) is 62.3 Å². The Morgan fingerprint density at radius 2 is 0.633 bits per heavy atom. The molecule has 3 aliphatic heterocycles. The molecule has 0 atom stereocenters. The van der Waals surface area contributed by atoms with Crippen molar-refractivity contribution >= 4 is 17.1 Å². The highest BCUT2D eigenvalue weighted by atomic mass is 15.4. The van der Waals surface area contributed by atoms with Crippen molar-refractivity contribution in [1.29, 1.82) is 0 Å². The minimum Gasteiger partial charge on any atom is -0.357 e. The molecule has 0 fully saturated rings. The van der Waals surface area contributed by atoms with Gasteiger partial charge in [-0.05, 0) is 95.7 Å². The fourth-order valence-electron chi connectivity index (χ4n) is 8.29. The molecule has 0 saturated carbocycles. The van der Waals surface area contributed by atoms with E-state index in [-0.39, 0.29) is 0 Å². The molecule has 0 unspecified atom stereocenters. The summed E-state index contributed by atoms with van der Waals surface area (Å²) in [4.78, 5) is 17.3. The quantitative estimate of drug-likeness (QED) is 0.195. The van der Waals surface area contributed by atoms with Crippen molar-refractivity contribution in [2.45, 2.75) is 62.3 Å². The highest BCUT2D eigenvalue weighted by Crippen LogP contribution is 2.31. The van der Waals surface area contributed by atoms with Crippen molar-refractivity contribution in [3.8, 4) is 0 Å². The fourth-order valence-corrected chi connectivity index (χ4v) is 8.29. The average Bonchev–Trinajstić information content (AvgIpc) is 3.78. The molecule has 7 heteroatoms. The molecule has 0 aliphatic carbocycles. The lowest BCUT2D eigenvalue weighted by atomic mass is 10.0. The molecule has 7 nitrogen and oxygen atoms in total. The van der Waals surface area contributed by atoms with E-state index in [2.05, 4.69) is 170 Å². The molecular weight excluding hydrogens is 603 g/mol. The number of aryl methyl sites for hydroxylation is 9. The lowest BCUT2D eigenvalue weighted by Crippen LogP contribution is -2.42. The summed E-state index contributed by atoms with van der Waals surface area (Å²) in [5.74, 6) is 0. The summed E-state index contributed by atoms with van der Waals surface area (Å²) in [5, 5.41) is 0. The number of nitrogens with zero attached hydrogens (tertiary/aromatic N) is 7. The van der Waals surface area contributed by atoms with Gasteiger partial charge in [-0.15, -0.1) is 0 Å². The number of anilines is 3. The van der Waals surface area contributed by atoms with Crippen LogP contribution in [0.1, 0.15) is 50.1 Å². The van der Waals surface area contributed by atoms with Crippen LogP contribution < -0.4 is 14.7 Å². The van der Waals surface area contributed by atoms with Crippen molar-refractivity contribution in [3.05, 3.63) is 124 Å². The molecular formula is C42H57N7. The predicted octanol–water partition coefficient (Wildman–Crippen LogP) is 7.82. The van der Waals surface area contributed by atoms with E-state index in [1.54, 1.807) is 0 Å². The SMILES string of the molecule is Cc1cc(C)c(N2C=CN(CCN(CCN3C=CN(c4c(C)cc(C)cc4C)C3)CCN3C=CN(c4c(C)cc(C)cc4C)C3)C2)c(C)c1. The lowest BCUT2D eigenvalue weighted by Gasteiger charge is -2.31.